The van der Waals surface area contributed by atoms with Crippen LogP contribution in [0.5, 0.6) is 5.75 Å². The molecule has 0 fully saturated rings. The van der Waals surface area contributed by atoms with E-state index in [1.165, 1.54) is 0 Å². The lowest BCUT2D eigenvalue weighted by Crippen LogP contribution is -2.28. The molecule has 19 heavy (non-hydrogen) atoms. The molecule has 4 nitrogen and oxygen atoms in total. The normalized spacial score (nSPS) is 10.7. The van der Waals surface area contributed by atoms with E-state index in [2.05, 4.69) is 31.0 Å². The van der Waals surface area contributed by atoms with E-state index < -0.39 is 0 Å². The van der Waals surface area contributed by atoms with E-state index in [-0.39, 0.29) is 0 Å². The highest BCUT2D eigenvalue weighted by atomic mass is 16.5. The number of nitrogens with two attached hydrogens (primary N) is 1. The van der Waals surface area contributed by atoms with Crippen LogP contribution in [0.25, 0.3) is 0 Å². The van der Waals surface area contributed by atoms with Gasteiger partial charge in [0.25, 0.3) is 0 Å². The van der Waals surface area contributed by atoms with Crippen LogP contribution in [0.15, 0.2) is 18.2 Å². The second kappa shape index (κ2) is 8.64. The number of likely N-dealkylation sites (N-methyl/N-ethyl adjacent to an activating group) is 1. The Balaban J connectivity index is 2.53. The summed E-state index contributed by atoms with van der Waals surface area (Å²) in [6, 6.07) is 5.89. The molecule has 0 aliphatic rings. The molecule has 108 valence electrons. The van der Waals surface area contributed by atoms with Gasteiger partial charge in [-0.3, -0.25) is 0 Å². The number of hydrogen-bond donors (Lipinski definition) is 2. The summed E-state index contributed by atoms with van der Waals surface area (Å²) in [6.07, 6.45) is 0.985. The molecule has 0 heterocycles. The van der Waals surface area contributed by atoms with Crippen molar-refractivity contribution in [1.82, 2.24) is 4.90 Å². The van der Waals surface area contributed by atoms with Crippen molar-refractivity contribution in [1.29, 1.82) is 0 Å². The van der Waals surface area contributed by atoms with E-state index in [0.29, 0.717) is 12.3 Å². The SMILES string of the molecule is CCCOc1cccc(NCCN(CC)CC)c1N. The Morgan fingerprint density at radius 3 is 2.58 bits per heavy atom. The lowest BCUT2D eigenvalue weighted by atomic mass is 10.2. The van der Waals surface area contributed by atoms with Gasteiger partial charge in [0.2, 0.25) is 0 Å². The van der Waals surface area contributed by atoms with Gasteiger partial charge >= 0.3 is 0 Å². The van der Waals surface area contributed by atoms with E-state index in [4.69, 9.17) is 10.5 Å². The topological polar surface area (TPSA) is 50.5 Å². The Morgan fingerprint density at radius 2 is 1.95 bits per heavy atom. The number of ether oxygens (including phenoxy) is 1. The molecule has 0 radical (unpaired) electrons. The van der Waals surface area contributed by atoms with Crippen molar-refractivity contribution in [3.63, 3.8) is 0 Å². The van der Waals surface area contributed by atoms with Crippen LogP contribution in [0.2, 0.25) is 0 Å². The average molecular weight is 265 g/mol. The first-order valence-electron chi connectivity index (χ1n) is 7.20. The van der Waals surface area contributed by atoms with Crippen molar-refractivity contribution in [3.05, 3.63) is 18.2 Å². The largest absolute Gasteiger partial charge is 0.491 e. The van der Waals surface area contributed by atoms with Gasteiger partial charge in [-0.25, -0.2) is 0 Å². The average Bonchev–Trinajstić information content (AvgIpc) is 2.44. The molecular weight excluding hydrogens is 238 g/mol. The molecule has 1 aromatic rings. The van der Waals surface area contributed by atoms with Crippen LogP contribution in [0.4, 0.5) is 11.4 Å². The van der Waals surface area contributed by atoms with Gasteiger partial charge in [-0.1, -0.05) is 26.8 Å². The van der Waals surface area contributed by atoms with Gasteiger partial charge in [0, 0.05) is 13.1 Å². The van der Waals surface area contributed by atoms with E-state index in [9.17, 15) is 0 Å². The van der Waals surface area contributed by atoms with Crippen molar-refractivity contribution < 1.29 is 4.74 Å². The Bertz CT molecular complexity index is 364. The Morgan fingerprint density at radius 1 is 1.21 bits per heavy atom. The quantitative estimate of drug-likeness (QED) is 0.674. The molecule has 0 aliphatic heterocycles. The summed E-state index contributed by atoms with van der Waals surface area (Å²) in [5, 5.41) is 3.38. The van der Waals surface area contributed by atoms with E-state index in [1.54, 1.807) is 0 Å². The molecule has 1 aromatic carbocycles. The van der Waals surface area contributed by atoms with E-state index >= 15 is 0 Å². The van der Waals surface area contributed by atoms with Gasteiger partial charge in [-0.15, -0.1) is 0 Å². The fourth-order valence-electron chi connectivity index (χ4n) is 1.92. The van der Waals surface area contributed by atoms with Gasteiger partial charge in [-0.05, 0) is 31.6 Å². The lowest BCUT2D eigenvalue weighted by Gasteiger charge is -2.19. The number of hydrogen-bond acceptors (Lipinski definition) is 4. The standard InChI is InChI=1S/C15H27N3O/c1-4-12-19-14-9-7-8-13(15(14)16)17-10-11-18(5-2)6-3/h7-9,17H,4-6,10-12,16H2,1-3H3. The third-order valence-electron chi connectivity index (χ3n) is 3.17. The smallest absolute Gasteiger partial charge is 0.144 e. The van der Waals surface area contributed by atoms with Gasteiger partial charge in [-0.2, -0.15) is 0 Å². The molecule has 0 bridgehead atoms. The summed E-state index contributed by atoms with van der Waals surface area (Å²) >= 11 is 0. The van der Waals surface area contributed by atoms with Crippen LogP contribution < -0.4 is 15.8 Å². The van der Waals surface area contributed by atoms with Crippen molar-refractivity contribution in [2.45, 2.75) is 27.2 Å². The number of nitrogens with one attached hydrogen (secondary N) is 1. The summed E-state index contributed by atoms with van der Waals surface area (Å²) in [7, 11) is 0. The maximum absolute atomic E-state index is 6.10. The van der Waals surface area contributed by atoms with Crippen LogP contribution in [0.3, 0.4) is 0 Å². The monoisotopic (exact) mass is 265 g/mol. The predicted octanol–water partition coefficient (Wildman–Crippen LogP) is 2.81. The number of benzene rings is 1. The molecule has 4 heteroatoms. The highest BCUT2D eigenvalue weighted by molar-refractivity contribution is 5.72. The third kappa shape index (κ3) is 4.99. The molecule has 0 amide bonds. The highest BCUT2D eigenvalue weighted by Gasteiger charge is 2.06. The summed E-state index contributed by atoms with van der Waals surface area (Å²) < 4.78 is 5.62. The van der Waals surface area contributed by atoms with Crippen LogP contribution in [0, 0.1) is 0 Å². The summed E-state index contributed by atoms with van der Waals surface area (Å²) in [4.78, 5) is 2.38. The zero-order valence-electron chi connectivity index (χ0n) is 12.4. The molecule has 0 aliphatic carbocycles. The van der Waals surface area contributed by atoms with Gasteiger partial charge in [0.15, 0.2) is 0 Å². The number of rotatable bonds is 9. The maximum Gasteiger partial charge on any atom is 0.144 e. The Kier molecular flexibility index (Phi) is 7.11. The number of anilines is 2. The molecule has 0 spiro atoms. The van der Waals surface area contributed by atoms with Gasteiger partial charge in [0.05, 0.1) is 18.0 Å². The van der Waals surface area contributed by atoms with Crippen molar-refractivity contribution in [3.8, 4) is 5.75 Å². The minimum atomic E-state index is 0.701. The highest BCUT2D eigenvalue weighted by Crippen LogP contribution is 2.29. The first kappa shape index (κ1) is 15.6. The Hall–Kier alpha value is -1.42. The zero-order valence-corrected chi connectivity index (χ0v) is 12.4. The first-order valence-corrected chi connectivity index (χ1v) is 7.20. The van der Waals surface area contributed by atoms with Crippen LogP contribution in [-0.4, -0.2) is 37.7 Å². The van der Waals surface area contributed by atoms with E-state index in [1.807, 2.05) is 18.2 Å². The predicted molar refractivity (Wildman–Crippen MR) is 82.9 cm³/mol. The number of para-hydroxylation sites is 1. The zero-order chi connectivity index (χ0) is 14.1. The number of nitrogens with zero attached hydrogens (tertiary/aromatic N) is 1. The van der Waals surface area contributed by atoms with Gasteiger partial charge < -0.3 is 20.7 Å². The minimum Gasteiger partial charge on any atom is -0.491 e. The van der Waals surface area contributed by atoms with Gasteiger partial charge in [0.1, 0.15) is 5.75 Å². The maximum atomic E-state index is 6.10. The second-order valence-corrected chi connectivity index (χ2v) is 4.52. The summed E-state index contributed by atoms with van der Waals surface area (Å²) in [6.45, 7) is 11.2. The van der Waals surface area contributed by atoms with Crippen LogP contribution in [0.1, 0.15) is 27.2 Å². The molecular formula is C15H27N3O. The molecule has 3 N–H and O–H groups in total. The fraction of sp³-hybridized carbons (Fsp3) is 0.600. The minimum absolute atomic E-state index is 0.701. The summed E-state index contributed by atoms with van der Waals surface area (Å²) in [5.41, 5.74) is 7.77. The molecule has 0 atom stereocenters. The van der Waals surface area contributed by atoms with Crippen LogP contribution >= 0.6 is 0 Å². The lowest BCUT2D eigenvalue weighted by molar-refractivity contribution is 0.315. The summed E-state index contributed by atoms with van der Waals surface area (Å²) in [5.74, 6) is 0.773. The molecule has 0 saturated carbocycles. The molecule has 0 aromatic heterocycles. The second-order valence-electron chi connectivity index (χ2n) is 4.52. The molecule has 0 unspecified atom stereocenters. The van der Waals surface area contributed by atoms with Crippen molar-refractivity contribution in [2.75, 3.05) is 43.8 Å². The third-order valence-corrected chi connectivity index (χ3v) is 3.17. The Labute approximate surface area is 116 Å². The molecule has 1 rings (SSSR count). The van der Waals surface area contributed by atoms with Crippen molar-refractivity contribution in [2.24, 2.45) is 0 Å². The van der Waals surface area contributed by atoms with E-state index in [0.717, 1.165) is 44.0 Å². The fourth-order valence-corrected chi connectivity index (χ4v) is 1.92. The first-order chi connectivity index (χ1) is 9.22. The van der Waals surface area contributed by atoms with Crippen LogP contribution in [-0.2, 0) is 0 Å². The number of nitrogen functional groups attached to an aromatic ring is 1. The molecule has 0 saturated heterocycles. The van der Waals surface area contributed by atoms with Crippen molar-refractivity contribution >= 4 is 11.4 Å².